The van der Waals surface area contributed by atoms with Crippen LogP contribution >= 0.6 is 0 Å². The van der Waals surface area contributed by atoms with Gasteiger partial charge >= 0.3 is 5.97 Å². The number of aromatic nitrogens is 4. The van der Waals surface area contributed by atoms with Crippen LogP contribution in [0.25, 0.3) is 17.1 Å². The van der Waals surface area contributed by atoms with Crippen LogP contribution in [0.2, 0.25) is 0 Å². The summed E-state index contributed by atoms with van der Waals surface area (Å²) in [4.78, 5) is 12.7. The van der Waals surface area contributed by atoms with Crippen molar-refractivity contribution in [3.63, 3.8) is 0 Å². The standard InChI is InChI=1S/C21H25N5O4S/c1-4-15-5-7-16(8-6-15)20-22-25-26(23-20)17-9-11-18(12-10-17)31(29,30)24-19(21(27)28)13-14(2)3/h5-12,14,19,24H,4,13H2,1-3H3,(H,27,28). The molecule has 164 valence electrons. The summed E-state index contributed by atoms with van der Waals surface area (Å²) in [6, 6.07) is 12.5. The number of rotatable bonds is 9. The van der Waals surface area contributed by atoms with Gasteiger partial charge in [-0.2, -0.15) is 4.72 Å². The normalized spacial score (nSPS) is 12.8. The molecule has 0 bridgehead atoms. The van der Waals surface area contributed by atoms with Crippen molar-refractivity contribution in [3.8, 4) is 17.1 Å². The van der Waals surface area contributed by atoms with Crippen molar-refractivity contribution < 1.29 is 18.3 Å². The highest BCUT2D eigenvalue weighted by molar-refractivity contribution is 7.89. The lowest BCUT2D eigenvalue weighted by molar-refractivity contribution is -0.139. The predicted octanol–water partition coefficient (Wildman–Crippen LogP) is 2.67. The molecule has 0 aliphatic heterocycles. The molecule has 1 aromatic heterocycles. The van der Waals surface area contributed by atoms with E-state index in [-0.39, 0.29) is 17.2 Å². The second-order valence-corrected chi connectivity index (χ2v) is 9.30. The number of carboxylic acid groups (broad SMARTS) is 1. The van der Waals surface area contributed by atoms with Gasteiger partial charge in [-0.15, -0.1) is 15.0 Å². The molecule has 0 aliphatic rings. The first kappa shape index (κ1) is 22.6. The van der Waals surface area contributed by atoms with Crippen molar-refractivity contribution >= 4 is 16.0 Å². The van der Waals surface area contributed by atoms with Crippen molar-refractivity contribution in [1.82, 2.24) is 24.9 Å². The van der Waals surface area contributed by atoms with Gasteiger partial charge < -0.3 is 5.11 Å². The minimum absolute atomic E-state index is 0.0249. The first-order chi connectivity index (χ1) is 14.7. The summed E-state index contributed by atoms with van der Waals surface area (Å²) in [5, 5.41) is 21.7. The molecule has 10 heteroatoms. The van der Waals surface area contributed by atoms with Gasteiger partial charge in [0.25, 0.3) is 0 Å². The summed E-state index contributed by atoms with van der Waals surface area (Å²) in [6.07, 6.45) is 1.13. The maximum Gasteiger partial charge on any atom is 0.321 e. The third-order valence-electron chi connectivity index (χ3n) is 4.71. The molecular formula is C21H25N5O4S. The molecule has 0 radical (unpaired) electrons. The van der Waals surface area contributed by atoms with E-state index in [1.54, 1.807) is 12.1 Å². The monoisotopic (exact) mass is 443 g/mol. The molecule has 1 heterocycles. The first-order valence-corrected chi connectivity index (χ1v) is 11.4. The molecule has 3 aromatic rings. The van der Waals surface area contributed by atoms with Crippen LogP contribution in [-0.4, -0.2) is 45.7 Å². The molecule has 1 atom stereocenters. The van der Waals surface area contributed by atoms with E-state index in [9.17, 15) is 18.3 Å². The Hall–Kier alpha value is -3.11. The van der Waals surface area contributed by atoms with Gasteiger partial charge in [0.15, 0.2) is 0 Å². The third kappa shape index (κ3) is 5.53. The van der Waals surface area contributed by atoms with E-state index in [4.69, 9.17) is 0 Å². The van der Waals surface area contributed by atoms with Crippen LogP contribution in [0.5, 0.6) is 0 Å². The van der Waals surface area contributed by atoms with Gasteiger partial charge in [-0.05, 0) is 53.8 Å². The zero-order valence-corrected chi connectivity index (χ0v) is 18.4. The van der Waals surface area contributed by atoms with E-state index >= 15 is 0 Å². The van der Waals surface area contributed by atoms with Crippen molar-refractivity contribution in [3.05, 3.63) is 54.1 Å². The topological polar surface area (TPSA) is 127 Å². The fraction of sp³-hybridized carbons (Fsp3) is 0.333. The lowest BCUT2D eigenvalue weighted by atomic mass is 10.1. The molecule has 0 spiro atoms. The quantitative estimate of drug-likeness (QED) is 0.520. The molecule has 2 N–H and O–H groups in total. The molecule has 0 aliphatic carbocycles. The number of nitrogens with one attached hydrogen (secondary N) is 1. The Morgan fingerprint density at radius 1 is 1.10 bits per heavy atom. The Morgan fingerprint density at radius 2 is 1.74 bits per heavy atom. The highest BCUT2D eigenvalue weighted by Crippen LogP contribution is 2.18. The Balaban J connectivity index is 1.78. The second-order valence-electron chi connectivity index (χ2n) is 7.59. The van der Waals surface area contributed by atoms with Crippen LogP contribution in [0.4, 0.5) is 0 Å². The zero-order valence-electron chi connectivity index (χ0n) is 17.6. The van der Waals surface area contributed by atoms with Crippen LogP contribution in [-0.2, 0) is 21.2 Å². The number of benzene rings is 2. The number of aliphatic carboxylic acids is 1. The molecule has 1 unspecified atom stereocenters. The van der Waals surface area contributed by atoms with Crippen molar-refractivity contribution in [2.45, 2.75) is 44.6 Å². The number of hydrogen-bond donors (Lipinski definition) is 2. The Labute approximate surface area is 181 Å². The van der Waals surface area contributed by atoms with Gasteiger partial charge in [0.05, 0.1) is 10.6 Å². The van der Waals surface area contributed by atoms with E-state index in [0.29, 0.717) is 11.5 Å². The van der Waals surface area contributed by atoms with Crippen LogP contribution in [0.1, 0.15) is 32.8 Å². The Kier molecular flexibility index (Phi) is 6.81. The highest BCUT2D eigenvalue weighted by atomic mass is 32.2. The third-order valence-corrected chi connectivity index (χ3v) is 6.20. The average Bonchev–Trinajstić information content (AvgIpc) is 3.23. The van der Waals surface area contributed by atoms with Crippen LogP contribution in [0, 0.1) is 5.92 Å². The number of carbonyl (C=O) groups is 1. The maximum absolute atomic E-state index is 12.6. The summed E-state index contributed by atoms with van der Waals surface area (Å²) in [6.45, 7) is 5.74. The molecular weight excluding hydrogens is 418 g/mol. The summed E-state index contributed by atoms with van der Waals surface area (Å²) < 4.78 is 27.4. The minimum atomic E-state index is -3.99. The van der Waals surface area contributed by atoms with E-state index in [1.807, 2.05) is 38.1 Å². The van der Waals surface area contributed by atoms with Gasteiger partial charge in [0, 0.05) is 5.56 Å². The highest BCUT2D eigenvalue weighted by Gasteiger charge is 2.26. The number of tetrazole rings is 1. The molecule has 31 heavy (non-hydrogen) atoms. The average molecular weight is 444 g/mol. The minimum Gasteiger partial charge on any atom is -0.480 e. The molecule has 0 saturated carbocycles. The SMILES string of the molecule is CCc1ccc(-c2nnn(-c3ccc(S(=O)(=O)NC(CC(C)C)C(=O)O)cc3)n2)cc1. The Morgan fingerprint density at radius 3 is 2.29 bits per heavy atom. The molecule has 0 fully saturated rings. The smallest absolute Gasteiger partial charge is 0.321 e. The van der Waals surface area contributed by atoms with Crippen molar-refractivity contribution in [2.75, 3.05) is 0 Å². The molecule has 0 saturated heterocycles. The van der Waals surface area contributed by atoms with E-state index < -0.39 is 22.0 Å². The van der Waals surface area contributed by atoms with E-state index in [0.717, 1.165) is 12.0 Å². The number of carboxylic acids is 1. The molecule has 2 aromatic carbocycles. The number of sulfonamides is 1. The number of aryl methyl sites for hydroxylation is 1. The number of nitrogens with zero attached hydrogens (tertiary/aromatic N) is 4. The van der Waals surface area contributed by atoms with Crippen LogP contribution < -0.4 is 4.72 Å². The number of hydrogen-bond acceptors (Lipinski definition) is 6. The maximum atomic E-state index is 12.6. The molecule has 0 amide bonds. The summed E-state index contributed by atoms with van der Waals surface area (Å²) >= 11 is 0. The van der Waals surface area contributed by atoms with Gasteiger partial charge in [-0.1, -0.05) is 45.0 Å². The fourth-order valence-electron chi connectivity index (χ4n) is 3.01. The zero-order chi connectivity index (χ0) is 22.6. The van der Waals surface area contributed by atoms with Crippen LogP contribution in [0.15, 0.2) is 53.4 Å². The van der Waals surface area contributed by atoms with Crippen molar-refractivity contribution in [1.29, 1.82) is 0 Å². The van der Waals surface area contributed by atoms with E-state index in [1.165, 1.54) is 22.5 Å². The Bertz CT molecular complexity index is 1140. The van der Waals surface area contributed by atoms with Gasteiger partial charge in [0.2, 0.25) is 15.8 Å². The van der Waals surface area contributed by atoms with Gasteiger partial charge in [-0.3, -0.25) is 4.79 Å². The summed E-state index contributed by atoms with van der Waals surface area (Å²) in [5.74, 6) is -0.726. The van der Waals surface area contributed by atoms with Crippen molar-refractivity contribution in [2.24, 2.45) is 5.92 Å². The fourth-order valence-corrected chi connectivity index (χ4v) is 4.22. The lowest BCUT2D eigenvalue weighted by Gasteiger charge is -2.16. The largest absolute Gasteiger partial charge is 0.480 e. The van der Waals surface area contributed by atoms with Gasteiger partial charge in [0.1, 0.15) is 6.04 Å². The van der Waals surface area contributed by atoms with Crippen LogP contribution in [0.3, 0.4) is 0 Å². The predicted molar refractivity (Wildman–Crippen MR) is 115 cm³/mol. The van der Waals surface area contributed by atoms with Gasteiger partial charge in [-0.25, -0.2) is 8.42 Å². The molecule has 9 nitrogen and oxygen atoms in total. The summed E-state index contributed by atoms with van der Waals surface area (Å²) in [7, 11) is -3.99. The molecule has 3 rings (SSSR count). The lowest BCUT2D eigenvalue weighted by Crippen LogP contribution is -2.41. The summed E-state index contributed by atoms with van der Waals surface area (Å²) in [5.41, 5.74) is 2.57. The van der Waals surface area contributed by atoms with E-state index in [2.05, 4.69) is 27.1 Å². The first-order valence-electron chi connectivity index (χ1n) is 9.94. The second kappa shape index (κ2) is 9.36.